The van der Waals surface area contributed by atoms with Crippen molar-refractivity contribution in [1.29, 1.82) is 0 Å². The first-order chi connectivity index (χ1) is 21.8. The lowest BCUT2D eigenvalue weighted by molar-refractivity contribution is -0.146. The smallest absolute Gasteiger partial charge is 0.408 e. The highest BCUT2D eigenvalue weighted by Crippen LogP contribution is 2.45. The van der Waals surface area contributed by atoms with E-state index >= 15 is 0 Å². The average Bonchev–Trinajstić information content (AvgIpc) is 3.58. The maximum Gasteiger partial charge on any atom is 0.408 e. The van der Waals surface area contributed by atoms with Crippen LogP contribution in [0, 0.1) is 11.8 Å². The molecule has 1 aliphatic heterocycles. The molecule has 2 aliphatic carbocycles. The summed E-state index contributed by atoms with van der Waals surface area (Å²) in [7, 11) is 0. The number of ether oxygens (including phenoxy) is 2. The van der Waals surface area contributed by atoms with E-state index in [0.717, 1.165) is 24.6 Å². The molecule has 3 aliphatic rings. The zero-order chi connectivity index (χ0) is 33.2. The van der Waals surface area contributed by atoms with Gasteiger partial charge in [-0.1, -0.05) is 37.5 Å². The molecule has 12 nitrogen and oxygen atoms in total. The molecule has 4 N–H and O–H groups in total. The molecular weight excluding hydrogens is 592 g/mol. The van der Waals surface area contributed by atoms with Crippen LogP contribution < -0.4 is 15.4 Å². The van der Waals surface area contributed by atoms with Crippen LogP contribution in [-0.4, -0.2) is 86.0 Å². The van der Waals surface area contributed by atoms with Gasteiger partial charge in [-0.25, -0.2) is 9.59 Å². The molecule has 2 saturated carbocycles. The Morgan fingerprint density at radius 3 is 2.50 bits per heavy atom. The van der Waals surface area contributed by atoms with Crippen molar-refractivity contribution in [1.82, 2.24) is 20.5 Å². The Bertz CT molecular complexity index is 1480. The minimum absolute atomic E-state index is 0.0393. The number of pyridine rings is 1. The van der Waals surface area contributed by atoms with Crippen LogP contribution in [0.2, 0.25) is 0 Å². The SMILES string of the molecule is C=C[C@H]1CC1(NC(=O)[C@@H]1C[C@@H](Oc2ccnc3ccccc23)CN1C(=O)[C@@H](NC(=O)OC(C)(C)C)C(O)C1CCCCC1)C(=O)O. The first-order valence-electron chi connectivity index (χ1n) is 16.0. The number of nitrogens with one attached hydrogen (secondary N) is 2. The third-order valence-electron chi connectivity index (χ3n) is 9.19. The summed E-state index contributed by atoms with van der Waals surface area (Å²) in [5.74, 6) is -2.69. The van der Waals surface area contributed by atoms with Gasteiger partial charge in [0.05, 0.1) is 18.2 Å². The molecule has 0 spiro atoms. The van der Waals surface area contributed by atoms with Gasteiger partial charge in [0.15, 0.2) is 0 Å². The van der Waals surface area contributed by atoms with Crippen molar-refractivity contribution in [3.63, 3.8) is 0 Å². The molecule has 3 fully saturated rings. The maximum atomic E-state index is 14.4. The average molecular weight is 637 g/mol. The molecular formula is C34H44N4O8. The zero-order valence-corrected chi connectivity index (χ0v) is 26.6. The first kappa shape index (κ1) is 33.2. The van der Waals surface area contributed by atoms with Crippen molar-refractivity contribution >= 4 is 34.8 Å². The number of benzene rings is 1. The van der Waals surface area contributed by atoms with Gasteiger partial charge in [-0.15, -0.1) is 6.58 Å². The van der Waals surface area contributed by atoms with Crippen LogP contribution >= 0.6 is 0 Å². The molecule has 248 valence electrons. The molecule has 6 atom stereocenters. The number of carboxylic acids is 1. The predicted octanol–water partition coefficient (Wildman–Crippen LogP) is 3.56. The Morgan fingerprint density at radius 2 is 1.85 bits per heavy atom. The standard InChI is InChI=1S/C34H44N4O8/c1-5-21-18-34(21,31(42)43)37-29(40)25-17-22(45-26-15-16-35-24-14-10-9-13-23(24)26)19-38(25)30(41)27(36-32(44)46-33(2,3)4)28(39)20-11-7-6-8-12-20/h5,9-10,13-16,20-22,25,27-28,39H,1,6-8,11-12,17-19H2,2-4H3,(H,36,44)(H,37,40)(H,42,43)/t21-,22+,25-,27-,28?,34?/m0/s1. The van der Waals surface area contributed by atoms with Crippen molar-refractivity contribution in [3.8, 4) is 5.75 Å². The number of likely N-dealkylation sites (tertiary alicyclic amines) is 1. The fraction of sp³-hybridized carbons (Fsp3) is 0.559. The predicted molar refractivity (Wildman–Crippen MR) is 169 cm³/mol. The number of hydrogen-bond donors (Lipinski definition) is 4. The lowest BCUT2D eigenvalue weighted by Gasteiger charge is -2.35. The summed E-state index contributed by atoms with van der Waals surface area (Å²) >= 11 is 0. The highest BCUT2D eigenvalue weighted by atomic mass is 16.6. The Balaban J connectivity index is 1.45. The minimum Gasteiger partial charge on any atom is -0.488 e. The van der Waals surface area contributed by atoms with Crippen LogP contribution in [-0.2, 0) is 19.1 Å². The second kappa shape index (κ2) is 13.3. The summed E-state index contributed by atoms with van der Waals surface area (Å²) in [5.41, 5.74) is -1.65. The van der Waals surface area contributed by atoms with Crippen molar-refractivity contribution in [2.75, 3.05) is 6.54 Å². The number of aliphatic hydroxyl groups excluding tert-OH is 1. The molecule has 1 saturated heterocycles. The minimum atomic E-state index is -1.51. The van der Waals surface area contributed by atoms with Crippen LogP contribution in [0.25, 0.3) is 10.9 Å². The highest BCUT2D eigenvalue weighted by molar-refractivity contribution is 5.96. The number of fused-ring (bicyclic) bond motifs is 1. The Morgan fingerprint density at radius 1 is 1.13 bits per heavy atom. The summed E-state index contributed by atoms with van der Waals surface area (Å²) in [5, 5.41) is 27.5. The van der Waals surface area contributed by atoms with Crippen LogP contribution in [0.5, 0.6) is 5.75 Å². The van der Waals surface area contributed by atoms with E-state index in [0.29, 0.717) is 24.1 Å². The molecule has 2 heterocycles. The van der Waals surface area contributed by atoms with Gasteiger partial charge >= 0.3 is 12.1 Å². The van der Waals surface area contributed by atoms with Gasteiger partial charge in [0.1, 0.15) is 35.1 Å². The van der Waals surface area contributed by atoms with Gasteiger partial charge in [-0.3, -0.25) is 14.6 Å². The Kier molecular flexibility index (Phi) is 9.57. The van der Waals surface area contributed by atoms with Crippen molar-refractivity contribution in [2.24, 2.45) is 11.8 Å². The molecule has 5 rings (SSSR count). The van der Waals surface area contributed by atoms with Gasteiger partial charge in [0.2, 0.25) is 11.8 Å². The maximum absolute atomic E-state index is 14.4. The molecule has 0 radical (unpaired) electrons. The van der Waals surface area contributed by atoms with Gasteiger partial charge < -0.3 is 35.2 Å². The van der Waals surface area contributed by atoms with Gasteiger partial charge in [0, 0.05) is 23.9 Å². The molecule has 1 aromatic heterocycles. The van der Waals surface area contributed by atoms with Crippen molar-refractivity contribution in [2.45, 2.75) is 101 Å². The molecule has 0 bridgehead atoms. The number of hydrogen-bond acceptors (Lipinski definition) is 8. The third-order valence-corrected chi connectivity index (χ3v) is 9.19. The molecule has 1 aromatic carbocycles. The largest absolute Gasteiger partial charge is 0.488 e. The highest BCUT2D eigenvalue weighted by Gasteiger charge is 2.61. The van der Waals surface area contributed by atoms with E-state index in [2.05, 4.69) is 22.2 Å². The van der Waals surface area contributed by atoms with Crippen LogP contribution in [0.15, 0.2) is 49.2 Å². The second-order valence-electron chi connectivity index (χ2n) is 13.6. The van der Waals surface area contributed by atoms with Gasteiger partial charge in [-0.2, -0.15) is 0 Å². The van der Waals surface area contributed by atoms with Crippen molar-refractivity contribution < 1.29 is 38.9 Å². The molecule has 2 aromatic rings. The number of carbonyl (C=O) groups excluding carboxylic acids is 3. The fourth-order valence-corrected chi connectivity index (χ4v) is 6.70. The number of carbonyl (C=O) groups is 4. The van der Waals surface area contributed by atoms with Crippen molar-refractivity contribution in [3.05, 3.63) is 49.2 Å². The lowest BCUT2D eigenvalue weighted by atomic mass is 9.82. The van der Waals surface area contributed by atoms with E-state index < -0.39 is 65.2 Å². The third kappa shape index (κ3) is 7.11. The van der Waals surface area contributed by atoms with Gasteiger partial charge in [0.25, 0.3) is 0 Å². The van der Waals surface area contributed by atoms with Crippen LogP contribution in [0.3, 0.4) is 0 Å². The fourth-order valence-electron chi connectivity index (χ4n) is 6.70. The summed E-state index contributed by atoms with van der Waals surface area (Å²) in [4.78, 5) is 59.1. The van der Waals surface area contributed by atoms with E-state index in [9.17, 15) is 29.4 Å². The quantitative estimate of drug-likeness (QED) is 0.285. The Labute approximate surface area is 268 Å². The first-order valence-corrected chi connectivity index (χ1v) is 16.0. The molecule has 46 heavy (non-hydrogen) atoms. The number of rotatable bonds is 10. The summed E-state index contributed by atoms with van der Waals surface area (Å²) in [6.45, 7) is 8.73. The van der Waals surface area contributed by atoms with Gasteiger partial charge in [-0.05, 0) is 64.2 Å². The number of alkyl carbamates (subject to hydrolysis) is 1. The summed E-state index contributed by atoms with van der Waals surface area (Å²) in [6.07, 6.45) is 4.78. The monoisotopic (exact) mass is 636 g/mol. The molecule has 2 unspecified atom stereocenters. The summed E-state index contributed by atoms with van der Waals surface area (Å²) in [6, 6.07) is 6.60. The van der Waals surface area contributed by atoms with E-state index in [1.54, 1.807) is 33.0 Å². The van der Waals surface area contributed by atoms with E-state index in [1.807, 2.05) is 24.3 Å². The lowest BCUT2D eigenvalue weighted by Crippen LogP contribution is -2.60. The van der Waals surface area contributed by atoms with Crippen LogP contribution in [0.4, 0.5) is 4.79 Å². The zero-order valence-electron chi connectivity index (χ0n) is 26.6. The summed E-state index contributed by atoms with van der Waals surface area (Å²) < 4.78 is 11.8. The molecule has 12 heteroatoms. The number of aliphatic carboxylic acids is 1. The normalized spacial score (nSPS) is 26.1. The van der Waals surface area contributed by atoms with E-state index in [1.165, 1.54) is 11.0 Å². The number of para-hydroxylation sites is 1. The number of nitrogens with zero attached hydrogens (tertiary/aromatic N) is 2. The number of amides is 3. The number of aliphatic hydroxyl groups is 1. The Hall–Kier alpha value is -4.19. The molecule has 3 amide bonds. The van der Waals surface area contributed by atoms with E-state index in [4.69, 9.17) is 9.47 Å². The second-order valence-corrected chi connectivity index (χ2v) is 13.6. The number of carboxylic acid groups (broad SMARTS) is 1. The topological polar surface area (TPSA) is 167 Å². The van der Waals surface area contributed by atoms with E-state index in [-0.39, 0.29) is 25.3 Å². The number of aromatic nitrogens is 1. The van der Waals surface area contributed by atoms with Crippen LogP contribution in [0.1, 0.15) is 65.7 Å².